The van der Waals surface area contributed by atoms with E-state index in [2.05, 4.69) is 16.0 Å². The zero-order chi connectivity index (χ0) is 15.3. The molecule has 1 spiro atoms. The Bertz CT molecular complexity index is 351. The van der Waals surface area contributed by atoms with Gasteiger partial charge in [-0.15, -0.1) is 0 Å². The molecular formula is C15H29N3O3. The molecule has 122 valence electrons. The first-order valence-corrected chi connectivity index (χ1v) is 7.92. The summed E-state index contributed by atoms with van der Waals surface area (Å²) in [6, 6.07) is 0.504. The van der Waals surface area contributed by atoms with E-state index < -0.39 is 5.60 Å². The van der Waals surface area contributed by atoms with Crippen LogP contribution >= 0.6 is 0 Å². The quantitative estimate of drug-likeness (QED) is 0.661. The maximum absolute atomic E-state index is 11.5. The van der Waals surface area contributed by atoms with Gasteiger partial charge in [0.15, 0.2) is 0 Å². The van der Waals surface area contributed by atoms with Crippen molar-refractivity contribution in [3.8, 4) is 0 Å². The lowest BCUT2D eigenvalue weighted by Crippen LogP contribution is -2.72. The number of alkyl carbamates (subject to hydrolysis) is 1. The van der Waals surface area contributed by atoms with Crippen molar-refractivity contribution < 1.29 is 14.3 Å². The van der Waals surface area contributed by atoms with Gasteiger partial charge in [-0.25, -0.2) is 4.79 Å². The van der Waals surface area contributed by atoms with Crippen molar-refractivity contribution in [2.24, 2.45) is 0 Å². The highest BCUT2D eigenvalue weighted by Gasteiger charge is 2.41. The number of carbonyl (C=O) groups excluding carboxylic acids is 1. The number of amides is 1. The molecule has 21 heavy (non-hydrogen) atoms. The smallest absolute Gasteiger partial charge is 0.407 e. The molecule has 0 saturated carbocycles. The number of carbonyl (C=O) groups is 1. The van der Waals surface area contributed by atoms with Crippen LogP contribution in [0, 0.1) is 0 Å². The van der Waals surface area contributed by atoms with Gasteiger partial charge in [0.2, 0.25) is 0 Å². The summed E-state index contributed by atoms with van der Waals surface area (Å²) in [4.78, 5) is 11.5. The van der Waals surface area contributed by atoms with E-state index in [9.17, 15) is 4.79 Å². The molecule has 6 nitrogen and oxygen atoms in total. The Labute approximate surface area is 127 Å². The first kappa shape index (κ1) is 16.5. The summed E-state index contributed by atoms with van der Waals surface area (Å²) in [6.45, 7) is 9.93. The predicted octanol–water partition coefficient (Wildman–Crippen LogP) is 1.01. The van der Waals surface area contributed by atoms with Crippen LogP contribution in [0.3, 0.4) is 0 Å². The maximum Gasteiger partial charge on any atom is 0.407 e. The van der Waals surface area contributed by atoms with Gasteiger partial charge in [-0.05, 0) is 33.6 Å². The van der Waals surface area contributed by atoms with Gasteiger partial charge in [0.1, 0.15) is 5.60 Å². The molecule has 0 radical (unpaired) electrons. The molecule has 0 bridgehead atoms. The molecule has 0 aromatic carbocycles. The standard InChI is InChI=1S/C15H29N3O3/c1-14(2,3)21-13(19)17-7-5-4-6-12-8-16-9-15(18-12)10-20-11-15/h12,16,18H,4-11H2,1-3H3,(H,17,19)/t12-/m0/s1. The van der Waals surface area contributed by atoms with Crippen LogP contribution in [0.1, 0.15) is 40.0 Å². The van der Waals surface area contributed by atoms with Gasteiger partial charge in [0.25, 0.3) is 0 Å². The normalized spacial score (nSPS) is 24.4. The summed E-state index contributed by atoms with van der Waals surface area (Å²) in [6.07, 6.45) is 2.85. The fourth-order valence-corrected chi connectivity index (χ4v) is 2.75. The minimum atomic E-state index is -0.430. The number of hydrogen-bond donors (Lipinski definition) is 3. The van der Waals surface area contributed by atoms with Gasteiger partial charge < -0.3 is 25.4 Å². The van der Waals surface area contributed by atoms with Crippen LogP contribution in [0.2, 0.25) is 0 Å². The van der Waals surface area contributed by atoms with Gasteiger partial charge in [0.05, 0.1) is 18.8 Å². The van der Waals surface area contributed by atoms with E-state index in [4.69, 9.17) is 9.47 Å². The molecule has 1 amide bonds. The van der Waals surface area contributed by atoms with E-state index in [1.807, 2.05) is 20.8 Å². The molecule has 1 atom stereocenters. The maximum atomic E-state index is 11.5. The summed E-state index contributed by atoms with van der Waals surface area (Å²) in [5.41, 5.74) is -0.251. The second-order valence-electron chi connectivity index (χ2n) is 7.17. The van der Waals surface area contributed by atoms with Crippen LogP contribution in [0.15, 0.2) is 0 Å². The van der Waals surface area contributed by atoms with Crippen molar-refractivity contribution in [3.63, 3.8) is 0 Å². The van der Waals surface area contributed by atoms with Crippen LogP contribution < -0.4 is 16.0 Å². The third kappa shape index (κ3) is 5.45. The number of piperazine rings is 1. The summed E-state index contributed by atoms with van der Waals surface area (Å²) in [5.74, 6) is 0. The number of unbranched alkanes of at least 4 members (excludes halogenated alkanes) is 1. The van der Waals surface area contributed by atoms with Crippen molar-refractivity contribution in [1.29, 1.82) is 0 Å². The van der Waals surface area contributed by atoms with Crippen molar-refractivity contribution in [2.75, 3.05) is 32.8 Å². The van der Waals surface area contributed by atoms with Crippen molar-refractivity contribution >= 4 is 6.09 Å². The Balaban J connectivity index is 1.53. The lowest BCUT2D eigenvalue weighted by atomic mass is 9.92. The summed E-state index contributed by atoms with van der Waals surface area (Å²) >= 11 is 0. The Morgan fingerprint density at radius 1 is 1.38 bits per heavy atom. The van der Waals surface area contributed by atoms with Crippen LogP contribution in [0.4, 0.5) is 4.79 Å². The highest BCUT2D eigenvalue weighted by Crippen LogP contribution is 2.20. The molecule has 0 aliphatic carbocycles. The lowest BCUT2D eigenvalue weighted by Gasteiger charge is -2.48. The molecule has 2 fully saturated rings. The molecule has 2 saturated heterocycles. The van der Waals surface area contributed by atoms with E-state index >= 15 is 0 Å². The van der Waals surface area contributed by atoms with Crippen LogP contribution in [0.5, 0.6) is 0 Å². The SMILES string of the molecule is CC(C)(C)OC(=O)NCCCC[C@H]1CNCC2(COC2)N1. The molecule has 0 unspecified atom stereocenters. The molecule has 2 rings (SSSR count). The van der Waals surface area contributed by atoms with Crippen molar-refractivity contribution in [1.82, 2.24) is 16.0 Å². The summed E-state index contributed by atoms with van der Waals surface area (Å²) in [5, 5.41) is 9.98. The fraction of sp³-hybridized carbons (Fsp3) is 0.933. The van der Waals surface area contributed by atoms with Crippen LogP contribution in [0.25, 0.3) is 0 Å². The van der Waals surface area contributed by atoms with E-state index in [-0.39, 0.29) is 11.6 Å². The minimum Gasteiger partial charge on any atom is -0.444 e. The largest absolute Gasteiger partial charge is 0.444 e. The average Bonchev–Trinajstić information content (AvgIpc) is 2.35. The van der Waals surface area contributed by atoms with Crippen molar-refractivity contribution in [3.05, 3.63) is 0 Å². The first-order valence-electron chi connectivity index (χ1n) is 7.92. The second-order valence-corrected chi connectivity index (χ2v) is 7.17. The third-order valence-electron chi connectivity index (χ3n) is 3.77. The average molecular weight is 299 g/mol. The molecule has 0 aromatic rings. The highest BCUT2D eigenvalue weighted by atomic mass is 16.6. The topological polar surface area (TPSA) is 71.6 Å². The zero-order valence-electron chi connectivity index (χ0n) is 13.5. The zero-order valence-corrected chi connectivity index (χ0v) is 13.5. The molecule has 2 aliphatic rings. The van der Waals surface area contributed by atoms with Gasteiger partial charge in [-0.3, -0.25) is 0 Å². The molecule has 2 heterocycles. The molecule has 0 aromatic heterocycles. The number of rotatable bonds is 5. The number of nitrogens with one attached hydrogen (secondary N) is 3. The minimum absolute atomic E-state index is 0.178. The molecule has 3 N–H and O–H groups in total. The van der Waals surface area contributed by atoms with E-state index in [0.29, 0.717) is 12.6 Å². The predicted molar refractivity (Wildman–Crippen MR) is 81.4 cm³/mol. The Kier molecular flexibility index (Phi) is 5.46. The first-order chi connectivity index (χ1) is 9.89. The highest BCUT2D eigenvalue weighted by molar-refractivity contribution is 5.67. The Morgan fingerprint density at radius 3 is 2.76 bits per heavy atom. The molecular weight excluding hydrogens is 270 g/mol. The van der Waals surface area contributed by atoms with Gasteiger partial charge >= 0.3 is 6.09 Å². The van der Waals surface area contributed by atoms with E-state index in [1.54, 1.807) is 0 Å². The van der Waals surface area contributed by atoms with Crippen molar-refractivity contribution in [2.45, 2.75) is 57.2 Å². The monoisotopic (exact) mass is 299 g/mol. The van der Waals surface area contributed by atoms with Gasteiger partial charge in [0, 0.05) is 25.7 Å². The summed E-state index contributed by atoms with van der Waals surface area (Å²) < 4.78 is 10.5. The number of hydrogen-bond acceptors (Lipinski definition) is 5. The fourth-order valence-electron chi connectivity index (χ4n) is 2.75. The summed E-state index contributed by atoms with van der Waals surface area (Å²) in [7, 11) is 0. The molecule has 6 heteroatoms. The lowest BCUT2D eigenvalue weighted by molar-refractivity contribution is -0.0869. The second kappa shape index (κ2) is 6.94. The van der Waals surface area contributed by atoms with E-state index in [1.165, 1.54) is 0 Å². The molecule has 2 aliphatic heterocycles. The third-order valence-corrected chi connectivity index (χ3v) is 3.77. The Hall–Kier alpha value is -0.850. The Morgan fingerprint density at radius 2 is 2.14 bits per heavy atom. The van der Waals surface area contributed by atoms with Crippen LogP contribution in [-0.4, -0.2) is 56.1 Å². The van der Waals surface area contributed by atoms with E-state index in [0.717, 1.165) is 45.6 Å². The van der Waals surface area contributed by atoms with Crippen LogP contribution in [-0.2, 0) is 9.47 Å². The van der Waals surface area contributed by atoms with Gasteiger partial charge in [-0.2, -0.15) is 0 Å². The van der Waals surface area contributed by atoms with Gasteiger partial charge in [-0.1, -0.05) is 6.42 Å². The number of ether oxygens (including phenoxy) is 2.